The summed E-state index contributed by atoms with van der Waals surface area (Å²) in [5, 5.41) is 16.4. The third-order valence-electron chi connectivity index (χ3n) is 3.35. The van der Waals surface area contributed by atoms with Crippen molar-refractivity contribution in [2.45, 2.75) is 59.2 Å². The molecule has 8 heteroatoms. The number of halogens is 1. The largest absolute Gasteiger partial charge is 0.357 e. The van der Waals surface area contributed by atoms with E-state index >= 15 is 0 Å². The molecule has 0 saturated carbocycles. The first-order valence-electron chi connectivity index (χ1n) is 8.96. The number of aliphatic imine (C=N–C) groups is 1. The number of nitrogens with one attached hydrogen (secondary N) is 2. The van der Waals surface area contributed by atoms with Crippen molar-refractivity contribution in [1.29, 1.82) is 0 Å². The fourth-order valence-corrected chi connectivity index (χ4v) is 2.80. The SMILES string of the molecule is CCNC(=NCC(C)C)NCCCc1nnc(SC)n1CC(C)C.I. The number of hydrogen-bond acceptors (Lipinski definition) is 4. The van der Waals surface area contributed by atoms with Gasteiger partial charge in [0.2, 0.25) is 0 Å². The quantitative estimate of drug-likeness (QED) is 0.176. The van der Waals surface area contributed by atoms with Crippen molar-refractivity contribution in [3.05, 3.63) is 5.82 Å². The van der Waals surface area contributed by atoms with Gasteiger partial charge in [-0.15, -0.1) is 34.2 Å². The van der Waals surface area contributed by atoms with Crippen LogP contribution in [0.4, 0.5) is 0 Å². The lowest BCUT2D eigenvalue weighted by Gasteiger charge is -2.13. The molecule has 0 aliphatic rings. The second-order valence-corrected chi connectivity index (χ2v) is 7.52. The molecule has 1 rings (SSSR count). The van der Waals surface area contributed by atoms with Crippen LogP contribution in [0.3, 0.4) is 0 Å². The fraction of sp³-hybridized carbons (Fsp3) is 0.824. The van der Waals surface area contributed by atoms with E-state index in [9.17, 15) is 0 Å². The summed E-state index contributed by atoms with van der Waals surface area (Å²) in [6, 6.07) is 0. The van der Waals surface area contributed by atoms with E-state index < -0.39 is 0 Å². The van der Waals surface area contributed by atoms with E-state index in [0.717, 1.165) is 56.0 Å². The predicted molar refractivity (Wildman–Crippen MR) is 119 cm³/mol. The van der Waals surface area contributed by atoms with Gasteiger partial charge in [0.15, 0.2) is 11.1 Å². The lowest BCUT2D eigenvalue weighted by Crippen LogP contribution is -2.38. The summed E-state index contributed by atoms with van der Waals surface area (Å²) >= 11 is 1.66. The number of aromatic nitrogens is 3. The van der Waals surface area contributed by atoms with Crippen molar-refractivity contribution in [3.63, 3.8) is 0 Å². The van der Waals surface area contributed by atoms with Gasteiger partial charge in [-0.1, -0.05) is 39.5 Å². The summed E-state index contributed by atoms with van der Waals surface area (Å²) in [5.41, 5.74) is 0. The number of nitrogens with zero attached hydrogens (tertiary/aromatic N) is 4. The molecule has 0 aliphatic carbocycles. The summed E-state index contributed by atoms with van der Waals surface area (Å²) in [6.07, 6.45) is 3.99. The fourth-order valence-electron chi connectivity index (χ4n) is 2.27. The standard InChI is InChI=1S/C17H34N6S.HI/c1-7-18-16(20-11-13(2)3)19-10-8-9-15-21-22-17(24-6)23(15)12-14(4)5;/h13-14H,7-12H2,1-6H3,(H2,18,19,20);1H. The molecule has 0 bridgehead atoms. The monoisotopic (exact) mass is 482 g/mol. The van der Waals surface area contributed by atoms with E-state index in [-0.39, 0.29) is 24.0 Å². The van der Waals surface area contributed by atoms with Crippen LogP contribution >= 0.6 is 35.7 Å². The van der Waals surface area contributed by atoms with Crippen LogP contribution in [-0.4, -0.2) is 46.6 Å². The van der Waals surface area contributed by atoms with Crippen molar-refractivity contribution in [1.82, 2.24) is 25.4 Å². The third-order valence-corrected chi connectivity index (χ3v) is 4.02. The summed E-state index contributed by atoms with van der Waals surface area (Å²) in [4.78, 5) is 4.59. The Morgan fingerprint density at radius 2 is 1.88 bits per heavy atom. The van der Waals surface area contributed by atoms with Crippen molar-refractivity contribution in [3.8, 4) is 0 Å². The van der Waals surface area contributed by atoms with Crippen LogP contribution in [0.15, 0.2) is 10.1 Å². The van der Waals surface area contributed by atoms with Crippen LogP contribution in [-0.2, 0) is 13.0 Å². The van der Waals surface area contributed by atoms with E-state index in [1.165, 1.54) is 0 Å². The van der Waals surface area contributed by atoms with E-state index in [1.54, 1.807) is 11.8 Å². The number of hydrogen-bond donors (Lipinski definition) is 2. The van der Waals surface area contributed by atoms with E-state index in [1.807, 2.05) is 0 Å². The molecule has 0 aliphatic heterocycles. The minimum absolute atomic E-state index is 0. The molecule has 146 valence electrons. The smallest absolute Gasteiger partial charge is 0.191 e. The zero-order chi connectivity index (χ0) is 17.9. The molecule has 25 heavy (non-hydrogen) atoms. The van der Waals surface area contributed by atoms with Crippen LogP contribution in [0.1, 0.15) is 46.9 Å². The van der Waals surface area contributed by atoms with Crippen molar-refractivity contribution < 1.29 is 0 Å². The molecule has 0 spiro atoms. The van der Waals surface area contributed by atoms with E-state index in [0.29, 0.717) is 11.8 Å². The summed E-state index contributed by atoms with van der Waals surface area (Å²) < 4.78 is 2.26. The van der Waals surface area contributed by atoms with Gasteiger partial charge in [-0.2, -0.15) is 0 Å². The average molecular weight is 482 g/mol. The summed E-state index contributed by atoms with van der Waals surface area (Å²) in [5.74, 6) is 3.14. The maximum atomic E-state index is 4.59. The molecule has 0 aromatic carbocycles. The van der Waals surface area contributed by atoms with Crippen LogP contribution in [0, 0.1) is 11.8 Å². The highest BCUT2D eigenvalue weighted by Gasteiger charge is 2.12. The topological polar surface area (TPSA) is 67.1 Å². The predicted octanol–water partition coefficient (Wildman–Crippen LogP) is 3.42. The minimum atomic E-state index is 0. The van der Waals surface area contributed by atoms with Gasteiger partial charge in [0.25, 0.3) is 0 Å². The van der Waals surface area contributed by atoms with Crippen LogP contribution < -0.4 is 10.6 Å². The van der Waals surface area contributed by atoms with Crippen LogP contribution in [0.5, 0.6) is 0 Å². The van der Waals surface area contributed by atoms with E-state index in [2.05, 4.69) is 71.3 Å². The zero-order valence-electron chi connectivity index (χ0n) is 16.5. The molecule has 0 radical (unpaired) electrons. The first kappa shape index (κ1) is 24.5. The molecule has 1 heterocycles. The molecule has 0 unspecified atom stereocenters. The lowest BCUT2D eigenvalue weighted by molar-refractivity contribution is 0.477. The molecule has 0 fully saturated rings. The second kappa shape index (κ2) is 13.7. The Kier molecular flexibility index (Phi) is 13.4. The Hall–Kier alpha value is -0.510. The second-order valence-electron chi connectivity index (χ2n) is 6.75. The first-order chi connectivity index (χ1) is 11.5. The highest BCUT2D eigenvalue weighted by Crippen LogP contribution is 2.16. The van der Waals surface area contributed by atoms with Gasteiger partial charge < -0.3 is 15.2 Å². The summed E-state index contributed by atoms with van der Waals surface area (Å²) in [6.45, 7) is 14.5. The van der Waals surface area contributed by atoms with Crippen molar-refractivity contribution in [2.75, 3.05) is 25.9 Å². The lowest BCUT2D eigenvalue weighted by atomic mass is 10.2. The molecule has 0 atom stereocenters. The molecule has 0 saturated heterocycles. The molecule has 1 aromatic heterocycles. The summed E-state index contributed by atoms with van der Waals surface area (Å²) in [7, 11) is 0. The number of rotatable bonds is 10. The number of aryl methyl sites for hydroxylation is 1. The van der Waals surface area contributed by atoms with Gasteiger partial charge in [0.1, 0.15) is 5.82 Å². The Balaban J connectivity index is 0.00000576. The van der Waals surface area contributed by atoms with Gasteiger partial charge in [-0.25, -0.2) is 0 Å². The first-order valence-corrected chi connectivity index (χ1v) is 10.2. The molecular formula is C17H35IN6S. The Labute approximate surface area is 174 Å². The van der Waals surface area contributed by atoms with Crippen molar-refractivity contribution in [2.24, 2.45) is 16.8 Å². The zero-order valence-corrected chi connectivity index (χ0v) is 19.6. The third kappa shape index (κ3) is 9.67. The van der Waals surface area contributed by atoms with Gasteiger partial charge in [-0.05, 0) is 31.4 Å². The van der Waals surface area contributed by atoms with Crippen LogP contribution in [0.25, 0.3) is 0 Å². The molecule has 1 aromatic rings. The molecule has 6 nitrogen and oxygen atoms in total. The maximum absolute atomic E-state index is 4.59. The number of thioether (sulfide) groups is 1. The highest BCUT2D eigenvalue weighted by atomic mass is 127. The Morgan fingerprint density at radius 3 is 2.44 bits per heavy atom. The Bertz CT molecular complexity index is 501. The number of guanidine groups is 1. The molecule has 0 amide bonds. The average Bonchev–Trinajstić information content (AvgIpc) is 2.90. The minimum Gasteiger partial charge on any atom is -0.357 e. The van der Waals surface area contributed by atoms with Gasteiger partial charge in [0.05, 0.1) is 0 Å². The van der Waals surface area contributed by atoms with Gasteiger partial charge >= 0.3 is 0 Å². The highest BCUT2D eigenvalue weighted by molar-refractivity contribution is 14.0. The van der Waals surface area contributed by atoms with E-state index in [4.69, 9.17) is 0 Å². The van der Waals surface area contributed by atoms with Crippen molar-refractivity contribution >= 4 is 41.7 Å². The Morgan fingerprint density at radius 1 is 1.16 bits per heavy atom. The normalized spacial score (nSPS) is 11.8. The van der Waals surface area contributed by atoms with Gasteiger partial charge in [-0.3, -0.25) is 4.99 Å². The maximum Gasteiger partial charge on any atom is 0.191 e. The molecule has 2 N–H and O–H groups in total. The molecular weight excluding hydrogens is 447 g/mol. The van der Waals surface area contributed by atoms with Gasteiger partial charge in [0, 0.05) is 32.6 Å². The van der Waals surface area contributed by atoms with Crippen LogP contribution in [0.2, 0.25) is 0 Å².